The van der Waals surface area contributed by atoms with E-state index in [9.17, 15) is 4.79 Å². The summed E-state index contributed by atoms with van der Waals surface area (Å²) >= 11 is 0. The van der Waals surface area contributed by atoms with Crippen molar-refractivity contribution in [1.82, 2.24) is 25.6 Å². The van der Waals surface area contributed by atoms with E-state index in [-0.39, 0.29) is 11.9 Å². The molecule has 2 N–H and O–H groups in total. The van der Waals surface area contributed by atoms with Crippen molar-refractivity contribution >= 4 is 5.91 Å². The van der Waals surface area contributed by atoms with Crippen LogP contribution in [0.4, 0.5) is 0 Å². The fourth-order valence-corrected chi connectivity index (χ4v) is 1.53. The van der Waals surface area contributed by atoms with Crippen molar-refractivity contribution in [2.75, 3.05) is 6.54 Å². The van der Waals surface area contributed by atoms with Gasteiger partial charge in [0.1, 0.15) is 0 Å². The first-order valence-corrected chi connectivity index (χ1v) is 6.51. The first-order valence-electron chi connectivity index (χ1n) is 6.51. The Hall–Kier alpha value is -1.43. The van der Waals surface area contributed by atoms with Crippen molar-refractivity contribution in [3.8, 4) is 0 Å². The van der Waals surface area contributed by atoms with E-state index in [0.29, 0.717) is 13.0 Å². The molecule has 1 heterocycles. The van der Waals surface area contributed by atoms with E-state index < -0.39 is 0 Å². The van der Waals surface area contributed by atoms with Gasteiger partial charge in [-0.25, -0.2) is 0 Å². The van der Waals surface area contributed by atoms with E-state index in [4.69, 9.17) is 0 Å². The molecule has 0 fully saturated rings. The fourth-order valence-electron chi connectivity index (χ4n) is 1.53. The third kappa shape index (κ3) is 5.77. The highest BCUT2D eigenvalue weighted by Crippen LogP contribution is 1.95. The SMILES string of the molecule is CCCNCc1cn(CCC(=O)NC(C)C)nn1. The van der Waals surface area contributed by atoms with E-state index >= 15 is 0 Å². The molecule has 18 heavy (non-hydrogen) atoms. The normalized spacial score (nSPS) is 10.9. The Kier molecular flexibility index (Phi) is 6.35. The average molecular weight is 253 g/mol. The smallest absolute Gasteiger partial charge is 0.222 e. The van der Waals surface area contributed by atoms with Gasteiger partial charge in [0.25, 0.3) is 0 Å². The molecule has 0 atom stereocenters. The van der Waals surface area contributed by atoms with Crippen molar-refractivity contribution in [2.24, 2.45) is 0 Å². The number of aromatic nitrogens is 3. The van der Waals surface area contributed by atoms with Gasteiger partial charge in [-0.1, -0.05) is 12.1 Å². The summed E-state index contributed by atoms with van der Waals surface area (Å²) < 4.78 is 1.71. The highest BCUT2D eigenvalue weighted by molar-refractivity contribution is 5.75. The second-order valence-corrected chi connectivity index (χ2v) is 4.62. The first-order chi connectivity index (χ1) is 8.61. The van der Waals surface area contributed by atoms with Gasteiger partial charge >= 0.3 is 0 Å². The second kappa shape index (κ2) is 7.81. The summed E-state index contributed by atoms with van der Waals surface area (Å²) in [6, 6.07) is 0.182. The Bertz CT molecular complexity index is 361. The molecule has 1 aromatic heterocycles. The third-order valence-electron chi connectivity index (χ3n) is 2.34. The van der Waals surface area contributed by atoms with Gasteiger partial charge < -0.3 is 10.6 Å². The molecule has 0 aromatic carbocycles. The van der Waals surface area contributed by atoms with Gasteiger partial charge in [0, 0.05) is 25.2 Å². The molecule has 1 rings (SSSR count). The van der Waals surface area contributed by atoms with Crippen LogP contribution in [0.5, 0.6) is 0 Å². The van der Waals surface area contributed by atoms with E-state index in [2.05, 4.69) is 27.9 Å². The van der Waals surface area contributed by atoms with Crippen LogP contribution >= 0.6 is 0 Å². The standard InChI is InChI=1S/C12H23N5O/c1-4-6-13-8-11-9-17(16-15-11)7-5-12(18)14-10(2)3/h9-10,13H,4-8H2,1-3H3,(H,14,18). The molecule has 1 aromatic rings. The zero-order valence-corrected chi connectivity index (χ0v) is 11.4. The summed E-state index contributed by atoms with van der Waals surface area (Å²) in [7, 11) is 0. The lowest BCUT2D eigenvalue weighted by Crippen LogP contribution is -2.30. The summed E-state index contributed by atoms with van der Waals surface area (Å²) in [5.74, 6) is 0.0474. The zero-order chi connectivity index (χ0) is 13.4. The molecule has 0 aliphatic carbocycles. The van der Waals surface area contributed by atoms with E-state index in [1.54, 1.807) is 4.68 Å². The zero-order valence-electron chi connectivity index (χ0n) is 11.4. The monoisotopic (exact) mass is 253 g/mol. The quantitative estimate of drug-likeness (QED) is 0.669. The Balaban J connectivity index is 2.28. The predicted octanol–water partition coefficient (Wildman–Crippen LogP) is 0.692. The summed E-state index contributed by atoms with van der Waals surface area (Å²) in [5.41, 5.74) is 0.910. The van der Waals surface area contributed by atoms with Gasteiger partial charge in [-0.2, -0.15) is 0 Å². The number of nitrogens with zero attached hydrogens (tertiary/aromatic N) is 3. The van der Waals surface area contributed by atoms with Crippen molar-refractivity contribution < 1.29 is 4.79 Å². The second-order valence-electron chi connectivity index (χ2n) is 4.62. The van der Waals surface area contributed by atoms with Gasteiger partial charge in [-0.15, -0.1) is 5.10 Å². The van der Waals surface area contributed by atoms with Crippen LogP contribution in [-0.4, -0.2) is 33.5 Å². The Morgan fingerprint density at radius 2 is 2.28 bits per heavy atom. The van der Waals surface area contributed by atoms with Crippen LogP contribution in [0.15, 0.2) is 6.20 Å². The number of carbonyl (C=O) groups excluding carboxylic acids is 1. The van der Waals surface area contributed by atoms with Crippen LogP contribution in [-0.2, 0) is 17.9 Å². The lowest BCUT2D eigenvalue weighted by Gasteiger charge is -2.07. The largest absolute Gasteiger partial charge is 0.354 e. The number of rotatable bonds is 8. The molecule has 102 valence electrons. The number of aryl methyl sites for hydroxylation is 1. The van der Waals surface area contributed by atoms with Crippen LogP contribution in [0, 0.1) is 0 Å². The minimum Gasteiger partial charge on any atom is -0.354 e. The van der Waals surface area contributed by atoms with Gasteiger partial charge in [0.15, 0.2) is 0 Å². The van der Waals surface area contributed by atoms with Gasteiger partial charge in [0.05, 0.1) is 12.2 Å². The molecule has 0 aliphatic heterocycles. The van der Waals surface area contributed by atoms with Crippen LogP contribution in [0.3, 0.4) is 0 Å². The molecule has 1 amide bonds. The Labute approximate surface area is 108 Å². The Morgan fingerprint density at radius 1 is 1.50 bits per heavy atom. The number of nitrogens with one attached hydrogen (secondary N) is 2. The summed E-state index contributed by atoms with van der Waals surface area (Å²) in [4.78, 5) is 11.5. The minimum atomic E-state index is 0.0474. The maximum atomic E-state index is 11.5. The molecule has 0 spiro atoms. The highest BCUT2D eigenvalue weighted by Gasteiger charge is 2.05. The van der Waals surface area contributed by atoms with Gasteiger partial charge in [-0.3, -0.25) is 9.48 Å². The van der Waals surface area contributed by atoms with Crippen LogP contribution in [0.1, 0.15) is 39.3 Å². The van der Waals surface area contributed by atoms with Crippen molar-refractivity contribution in [2.45, 2.75) is 52.7 Å². The number of hydrogen-bond acceptors (Lipinski definition) is 4. The molecule has 0 saturated carbocycles. The summed E-state index contributed by atoms with van der Waals surface area (Å²) in [6.45, 7) is 8.29. The Morgan fingerprint density at radius 3 is 2.94 bits per heavy atom. The van der Waals surface area contributed by atoms with E-state index in [0.717, 1.165) is 25.2 Å². The molecule has 0 bridgehead atoms. The fraction of sp³-hybridized carbons (Fsp3) is 0.750. The number of amides is 1. The summed E-state index contributed by atoms with van der Waals surface area (Å²) in [6.07, 6.45) is 3.41. The summed E-state index contributed by atoms with van der Waals surface area (Å²) in [5, 5.41) is 14.1. The van der Waals surface area contributed by atoms with E-state index in [1.165, 1.54) is 0 Å². The van der Waals surface area contributed by atoms with E-state index in [1.807, 2.05) is 20.0 Å². The minimum absolute atomic E-state index is 0.0474. The molecule has 6 heteroatoms. The van der Waals surface area contributed by atoms with Crippen LogP contribution in [0.2, 0.25) is 0 Å². The number of carbonyl (C=O) groups is 1. The molecule has 0 unspecified atom stereocenters. The highest BCUT2D eigenvalue weighted by atomic mass is 16.1. The lowest BCUT2D eigenvalue weighted by atomic mass is 10.3. The van der Waals surface area contributed by atoms with Crippen molar-refractivity contribution in [1.29, 1.82) is 0 Å². The first kappa shape index (κ1) is 14.6. The van der Waals surface area contributed by atoms with Crippen LogP contribution < -0.4 is 10.6 Å². The maximum absolute atomic E-state index is 11.5. The topological polar surface area (TPSA) is 71.8 Å². The predicted molar refractivity (Wildman–Crippen MR) is 69.9 cm³/mol. The maximum Gasteiger partial charge on any atom is 0.222 e. The molecule has 0 radical (unpaired) electrons. The molecule has 0 aliphatic rings. The third-order valence-corrected chi connectivity index (χ3v) is 2.34. The molecule has 6 nitrogen and oxygen atoms in total. The van der Waals surface area contributed by atoms with Gasteiger partial charge in [-0.05, 0) is 26.8 Å². The average Bonchev–Trinajstić information content (AvgIpc) is 2.74. The van der Waals surface area contributed by atoms with Gasteiger partial charge in [0.2, 0.25) is 5.91 Å². The van der Waals surface area contributed by atoms with Crippen molar-refractivity contribution in [3.63, 3.8) is 0 Å². The molecular formula is C12H23N5O. The molecular weight excluding hydrogens is 230 g/mol. The lowest BCUT2D eigenvalue weighted by molar-refractivity contribution is -0.121. The van der Waals surface area contributed by atoms with Crippen LogP contribution in [0.25, 0.3) is 0 Å². The molecule has 0 saturated heterocycles. The van der Waals surface area contributed by atoms with Crippen molar-refractivity contribution in [3.05, 3.63) is 11.9 Å². The number of hydrogen-bond donors (Lipinski definition) is 2.